The Balaban J connectivity index is 1.70. The van der Waals surface area contributed by atoms with Crippen molar-refractivity contribution in [1.82, 2.24) is 4.90 Å². The Bertz CT molecular complexity index is 818. The van der Waals surface area contributed by atoms with Crippen molar-refractivity contribution in [3.63, 3.8) is 0 Å². The van der Waals surface area contributed by atoms with Gasteiger partial charge in [0.1, 0.15) is 6.04 Å². The van der Waals surface area contributed by atoms with Gasteiger partial charge in [0.15, 0.2) is 5.78 Å². The molecule has 1 saturated carbocycles. The molecule has 2 aromatic carbocycles. The van der Waals surface area contributed by atoms with Crippen molar-refractivity contribution >= 4 is 17.6 Å². The largest absolute Gasteiger partial charge is 0.297 e. The third kappa shape index (κ3) is 2.85. The predicted molar refractivity (Wildman–Crippen MR) is 97.8 cm³/mol. The Morgan fingerprint density at radius 2 is 1.42 bits per heavy atom. The molecule has 0 bridgehead atoms. The lowest BCUT2D eigenvalue weighted by atomic mass is 9.91. The first-order valence-electron chi connectivity index (χ1n) is 9.21. The second kappa shape index (κ2) is 6.87. The molecule has 1 fully saturated rings. The number of carbonyl (C=O) groups excluding carboxylic acids is 3. The summed E-state index contributed by atoms with van der Waals surface area (Å²) >= 11 is 0. The molecule has 4 heteroatoms. The summed E-state index contributed by atoms with van der Waals surface area (Å²) in [6, 6.07) is 15.7. The van der Waals surface area contributed by atoms with Gasteiger partial charge in [-0.2, -0.15) is 0 Å². The normalized spacial score (nSPS) is 18.2. The molecule has 0 unspecified atom stereocenters. The van der Waals surface area contributed by atoms with Crippen LogP contribution in [0.2, 0.25) is 0 Å². The number of hydrogen-bond donors (Lipinski definition) is 0. The first-order valence-corrected chi connectivity index (χ1v) is 9.21. The molecule has 2 amide bonds. The van der Waals surface area contributed by atoms with E-state index in [-0.39, 0.29) is 23.5 Å². The lowest BCUT2D eigenvalue weighted by Gasteiger charge is -2.27. The summed E-state index contributed by atoms with van der Waals surface area (Å²) in [6.07, 6.45) is 4.16. The van der Waals surface area contributed by atoms with Gasteiger partial charge in [0.25, 0.3) is 11.8 Å². The number of ketones is 1. The van der Waals surface area contributed by atoms with E-state index in [2.05, 4.69) is 0 Å². The molecule has 26 heavy (non-hydrogen) atoms. The fourth-order valence-corrected chi connectivity index (χ4v) is 4.13. The van der Waals surface area contributed by atoms with Gasteiger partial charge in [0, 0.05) is 12.3 Å². The van der Waals surface area contributed by atoms with E-state index in [0.717, 1.165) is 31.2 Å². The van der Waals surface area contributed by atoms with Gasteiger partial charge in [0.2, 0.25) is 0 Å². The number of nitrogens with zero attached hydrogens (tertiary/aromatic N) is 1. The minimum absolute atomic E-state index is 0.0286. The van der Waals surface area contributed by atoms with Crippen molar-refractivity contribution in [3.8, 4) is 0 Å². The van der Waals surface area contributed by atoms with Gasteiger partial charge in [-0.3, -0.25) is 19.3 Å². The molecule has 0 saturated heterocycles. The van der Waals surface area contributed by atoms with Crippen molar-refractivity contribution in [2.24, 2.45) is 5.92 Å². The number of Topliss-reactive ketones (excluding diaryl/α,β-unsaturated/α-hetero) is 1. The second-order valence-electron chi connectivity index (χ2n) is 7.12. The van der Waals surface area contributed by atoms with Crippen molar-refractivity contribution in [3.05, 3.63) is 71.3 Å². The van der Waals surface area contributed by atoms with Crippen LogP contribution in [0.25, 0.3) is 0 Å². The highest BCUT2D eigenvalue weighted by Crippen LogP contribution is 2.32. The molecule has 132 valence electrons. The van der Waals surface area contributed by atoms with E-state index in [0.29, 0.717) is 17.5 Å². The van der Waals surface area contributed by atoms with E-state index in [1.165, 1.54) is 4.90 Å². The van der Waals surface area contributed by atoms with Crippen LogP contribution in [0.15, 0.2) is 54.6 Å². The molecular formula is C22H21NO3. The van der Waals surface area contributed by atoms with Crippen LogP contribution < -0.4 is 0 Å². The van der Waals surface area contributed by atoms with Gasteiger partial charge >= 0.3 is 0 Å². The van der Waals surface area contributed by atoms with Gasteiger partial charge in [-0.1, -0.05) is 55.3 Å². The average Bonchev–Trinajstić information content (AvgIpc) is 3.29. The number of benzene rings is 2. The summed E-state index contributed by atoms with van der Waals surface area (Å²) in [4.78, 5) is 40.3. The van der Waals surface area contributed by atoms with Crippen LogP contribution in [0.4, 0.5) is 0 Å². The highest BCUT2D eigenvalue weighted by atomic mass is 16.2. The minimum Gasteiger partial charge on any atom is -0.297 e. The summed E-state index contributed by atoms with van der Waals surface area (Å²) in [5, 5.41) is 0. The zero-order valence-corrected chi connectivity index (χ0v) is 14.6. The van der Waals surface area contributed by atoms with Crippen LogP contribution in [0, 0.1) is 5.92 Å². The van der Waals surface area contributed by atoms with Crippen LogP contribution in [0.3, 0.4) is 0 Å². The van der Waals surface area contributed by atoms with Gasteiger partial charge in [-0.05, 0) is 30.5 Å². The summed E-state index contributed by atoms with van der Waals surface area (Å²) in [7, 11) is 0. The number of rotatable bonds is 5. The summed E-state index contributed by atoms with van der Waals surface area (Å²) in [5.41, 5.74) is 1.75. The molecule has 0 radical (unpaired) electrons. The fraction of sp³-hybridized carbons (Fsp3) is 0.318. The number of amides is 2. The monoisotopic (exact) mass is 347 g/mol. The van der Waals surface area contributed by atoms with Gasteiger partial charge < -0.3 is 0 Å². The maximum absolute atomic E-state index is 13.2. The molecule has 4 nitrogen and oxygen atoms in total. The Morgan fingerprint density at radius 3 is 2.00 bits per heavy atom. The maximum atomic E-state index is 13.2. The lowest BCUT2D eigenvalue weighted by molar-refractivity contribution is -0.126. The number of fused-ring (bicyclic) bond motifs is 1. The molecule has 4 rings (SSSR count). The maximum Gasteiger partial charge on any atom is 0.262 e. The fourth-order valence-electron chi connectivity index (χ4n) is 4.13. The van der Waals surface area contributed by atoms with Crippen LogP contribution in [0.5, 0.6) is 0 Å². The molecular weight excluding hydrogens is 326 g/mol. The number of hydrogen-bond acceptors (Lipinski definition) is 3. The van der Waals surface area contributed by atoms with E-state index in [4.69, 9.17) is 0 Å². The quantitative estimate of drug-likeness (QED) is 0.776. The minimum atomic E-state index is -0.729. The van der Waals surface area contributed by atoms with Crippen LogP contribution in [-0.2, 0) is 11.2 Å². The molecule has 1 aliphatic heterocycles. The Kier molecular flexibility index (Phi) is 4.41. The highest BCUT2D eigenvalue weighted by Gasteiger charge is 2.44. The predicted octanol–water partition coefficient (Wildman–Crippen LogP) is 3.65. The molecule has 0 N–H and O–H groups in total. The van der Waals surface area contributed by atoms with Crippen LogP contribution >= 0.6 is 0 Å². The third-order valence-electron chi connectivity index (χ3n) is 5.49. The van der Waals surface area contributed by atoms with Crippen LogP contribution in [-0.4, -0.2) is 28.5 Å². The highest BCUT2D eigenvalue weighted by molar-refractivity contribution is 6.23. The summed E-state index contributed by atoms with van der Waals surface area (Å²) < 4.78 is 0. The molecule has 2 aliphatic rings. The number of carbonyl (C=O) groups is 3. The van der Waals surface area contributed by atoms with E-state index < -0.39 is 6.04 Å². The molecule has 1 atom stereocenters. The zero-order chi connectivity index (χ0) is 18.1. The molecule has 0 aromatic heterocycles. The second-order valence-corrected chi connectivity index (χ2v) is 7.12. The molecule has 1 heterocycles. The molecule has 1 aliphatic carbocycles. The smallest absolute Gasteiger partial charge is 0.262 e. The topological polar surface area (TPSA) is 54.5 Å². The summed E-state index contributed by atoms with van der Waals surface area (Å²) in [6.45, 7) is 0. The van der Waals surface area contributed by atoms with E-state index in [9.17, 15) is 14.4 Å². The van der Waals surface area contributed by atoms with Crippen molar-refractivity contribution in [2.45, 2.75) is 38.1 Å². The van der Waals surface area contributed by atoms with Gasteiger partial charge in [0.05, 0.1) is 11.1 Å². The molecule has 2 aromatic rings. The lowest BCUT2D eigenvalue weighted by Crippen LogP contribution is -2.48. The summed E-state index contributed by atoms with van der Waals surface area (Å²) in [5.74, 6) is -0.718. The van der Waals surface area contributed by atoms with Crippen molar-refractivity contribution < 1.29 is 14.4 Å². The van der Waals surface area contributed by atoms with E-state index in [1.807, 2.05) is 30.3 Å². The van der Waals surface area contributed by atoms with Crippen molar-refractivity contribution in [2.75, 3.05) is 0 Å². The first kappa shape index (κ1) is 16.7. The Morgan fingerprint density at radius 1 is 0.885 bits per heavy atom. The first-order chi connectivity index (χ1) is 12.7. The van der Waals surface area contributed by atoms with Crippen LogP contribution in [0.1, 0.15) is 52.0 Å². The zero-order valence-electron chi connectivity index (χ0n) is 14.6. The Hall–Kier alpha value is -2.75. The molecule has 0 spiro atoms. The van der Waals surface area contributed by atoms with Gasteiger partial charge in [-0.25, -0.2) is 0 Å². The van der Waals surface area contributed by atoms with Gasteiger partial charge in [-0.15, -0.1) is 0 Å². The van der Waals surface area contributed by atoms with E-state index >= 15 is 0 Å². The number of imide groups is 1. The average molecular weight is 347 g/mol. The SMILES string of the molecule is O=C(C1CCCC1)[C@H](Cc1ccccc1)N1C(=O)c2ccccc2C1=O. The third-order valence-corrected chi connectivity index (χ3v) is 5.49. The standard InChI is InChI=1S/C22H21NO3/c24-20(16-10-4-5-11-16)19(14-15-8-2-1-3-9-15)23-21(25)17-12-6-7-13-18(17)22(23)26/h1-3,6-9,12-13,16,19H,4-5,10-11,14H2/t19-/m0/s1. The Labute approximate surface area is 152 Å². The van der Waals surface area contributed by atoms with E-state index in [1.54, 1.807) is 24.3 Å². The van der Waals surface area contributed by atoms with Crippen molar-refractivity contribution in [1.29, 1.82) is 0 Å².